The summed E-state index contributed by atoms with van der Waals surface area (Å²) in [7, 11) is 0. The highest BCUT2D eigenvalue weighted by Crippen LogP contribution is 2.40. The largest absolute Gasteiger partial charge is 0.492 e. The van der Waals surface area contributed by atoms with Crippen molar-refractivity contribution in [1.29, 1.82) is 0 Å². The van der Waals surface area contributed by atoms with Crippen molar-refractivity contribution in [3.8, 4) is 16.9 Å². The molecule has 0 saturated heterocycles. The summed E-state index contributed by atoms with van der Waals surface area (Å²) in [5.41, 5.74) is 3.94. The second-order valence-corrected chi connectivity index (χ2v) is 4.92. The van der Waals surface area contributed by atoms with Crippen LogP contribution in [-0.4, -0.2) is 6.61 Å². The van der Waals surface area contributed by atoms with Gasteiger partial charge in [0.25, 0.3) is 0 Å². The van der Waals surface area contributed by atoms with Crippen molar-refractivity contribution in [2.45, 2.75) is 6.42 Å². The molecule has 92 valence electrons. The van der Waals surface area contributed by atoms with Crippen molar-refractivity contribution in [2.75, 3.05) is 6.61 Å². The van der Waals surface area contributed by atoms with Gasteiger partial charge in [-0.15, -0.1) is 0 Å². The molecule has 0 amide bonds. The van der Waals surface area contributed by atoms with Gasteiger partial charge < -0.3 is 4.74 Å². The maximum atomic E-state index is 5.87. The SMILES string of the molecule is c1ccc(-c2cc3ccccc3c3c2CCO3)cc1. The third kappa shape index (κ3) is 1.62. The smallest absolute Gasteiger partial charge is 0.131 e. The number of fused-ring (bicyclic) bond motifs is 3. The Bertz CT molecular complexity index is 744. The van der Waals surface area contributed by atoms with E-state index in [1.165, 1.54) is 27.5 Å². The van der Waals surface area contributed by atoms with Gasteiger partial charge in [0.1, 0.15) is 5.75 Å². The average molecular weight is 246 g/mol. The van der Waals surface area contributed by atoms with Crippen LogP contribution in [0, 0.1) is 0 Å². The third-order valence-electron chi connectivity index (χ3n) is 3.79. The standard InChI is InChI=1S/C18H14O/c1-2-6-13(7-3-1)17-12-14-8-4-5-9-15(14)18-16(17)10-11-19-18/h1-9,12H,10-11H2. The van der Waals surface area contributed by atoms with Crippen molar-refractivity contribution < 1.29 is 4.74 Å². The molecule has 0 spiro atoms. The average Bonchev–Trinajstić information content (AvgIpc) is 2.97. The molecular weight excluding hydrogens is 232 g/mol. The van der Waals surface area contributed by atoms with Crippen LogP contribution in [0.1, 0.15) is 5.56 Å². The summed E-state index contributed by atoms with van der Waals surface area (Å²) in [6.45, 7) is 0.795. The molecule has 0 saturated carbocycles. The van der Waals surface area contributed by atoms with E-state index in [1.54, 1.807) is 0 Å². The van der Waals surface area contributed by atoms with Crippen molar-refractivity contribution >= 4 is 10.8 Å². The zero-order valence-corrected chi connectivity index (χ0v) is 10.6. The minimum absolute atomic E-state index is 0.795. The maximum absolute atomic E-state index is 5.87. The van der Waals surface area contributed by atoms with Crippen molar-refractivity contribution in [3.05, 3.63) is 66.2 Å². The second kappa shape index (κ2) is 4.13. The fourth-order valence-electron chi connectivity index (χ4n) is 2.90. The third-order valence-corrected chi connectivity index (χ3v) is 3.79. The Morgan fingerprint density at radius 1 is 0.842 bits per heavy atom. The Morgan fingerprint density at radius 3 is 2.53 bits per heavy atom. The maximum Gasteiger partial charge on any atom is 0.131 e. The minimum Gasteiger partial charge on any atom is -0.492 e. The first-order valence-electron chi connectivity index (χ1n) is 6.66. The molecule has 0 radical (unpaired) electrons. The molecule has 0 N–H and O–H groups in total. The molecule has 0 atom stereocenters. The fourth-order valence-corrected chi connectivity index (χ4v) is 2.90. The predicted molar refractivity (Wildman–Crippen MR) is 78.6 cm³/mol. The van der Waals surface area contributed by atoms with Gasteiger partial charge in [-0.3, -0.25) is 0 Å². The first-order valence-corrected chi connectivity index (χ1v) is 6.66. The van der Waals surface area contributed by atoms with Crippen LogP contribution in [0.4, 0.5) is 0 Å². The van der Waals surface area contributed by atoms with Crippen LogP contribution < -0.4 is 4.74 Å². The molecule has 1 aliphatic heterocycles. The Kier molecular flexibility index (Phi) is 2.31. The van der Waals surface area contributed by atoms with Crippen LogP contribution >= 0.6 is 0 Å². The quantitative estimate of drug-likeness (QED) is 0.616. The Labute approximate surface area is 112 Å². The summed E-state index contributed by atoms with van der Waals surface area (Å²) in [5.74, 6) is 1.08. The Balaban J connectivity index is 2.07. The highest BCUT2D eigenvalue weighted by Gasteiger charge is 2.20. The van der Waals surface area contributed by atoms with Gasteiger partial charge in [0.05, 0.1) is 6.61 Å². The molecule has 4 rings (SSSR count). The van der Waals surface area contributed by atoms with E-state index < -0.39 is 0 Å². The topological polar surface area (TPSA) is 9.23 Å². The molecule has 1 aliphatic rings. The highest BCUT2D eigenvalue weighted by atomic mass is 16.5. The van der Waals surface area contributed by atoms with Gasteiger partial charge in [-0.25, -0.2) is 0 Å². The number of ether oxygens (including phenoxy) is 1. The van der Waals surface area contributed by atoms with E-state index in [9.17, 15) is 0 Å². The first-order chi connectivity index (χ1) is 9.43. The van der Waals surface area contributed by atoms with Crippen LogP contribution in [0.2, 0.25) is 0 Å². The van der Waals surface area contributed by atoms with E-state index in [1.807, 2.05) is 0 Å². The summed E-state index contributed by atoms with van der Waals surface area (Å²) in [6.07, 6.45) is 1.00. The Hall–Kier alpha value is -2.28. The van der Waals surface area contributed by atoms with Gasteiger partial charge in [0.15, 0.2) is 0 Å². The number of rotatable bonds is 1. The lowest BCUT2D eigenvalue weighted by atomic mass is 9.94. The molecule has 0 fully saturated rings. The summed E-state index contributed by atoms with van der Waals surface area (Å²) in [4.78, 5) is 0. The van der Waals surface area contributed by atoms with E-state index in [4.69, 9.17) is 4.74 Å². The fraction of sp³-hybridized carbons (Fsp3) is 0.111. The van der Waals surface area contributed by atoms with Crippen LogP contribution in [0.25, 0.3) is 21.9 Å². The Morgan fingerprint density at radius 2 is 1.63 bits per heavy atom. The van der Waals surface area contributed by atoms with E-state index in [0.717, 1.165) is 18.8 Å². The van der Waals surface area contributed by atoms with Crippen LogP contribution in [0.3, 0.4) is 0 Å². The molecule has 0 aliphatic carbocycles. The van der Waals surface area contributed by atoms with Gasteiger partial charge in [0.2, 0.25) is 0 Å². The molecule has 19 heavy (non-hydrogen) atoms. The highest BCUT2D eigenvalue weighted by molar-refractivity contribution is 5.95. The predicted octanol–water partition coefficient (Wildman–Crippen LogP) is 4.44. The molecular formula is C18H14O. The first kappa shape index (κ1) is 10.6. The van der Waals surface area contributed by atoms with E-state index in [-0.39, 0.29) is 0 Å². The molecule has 0 unspecified atom stereocenters. The summed E-state index contributed by atoms with van der Waals surface area (Å²) in [5, 5.41) is 2.48. The van der Waals surface area contributed by atoms with Crippen LogP contribution in [0.5, 0.6) is 5.75 Å². The summed E-state index contributed by atoms with van der Waals surface area (Å²) >= 11 is 0. The van der Waals surface area contributed by atoms with Gasteiger partial charge in [-0.1, -0.05) is 54.6 Å². The monoisotopic (exact) mass is 246 g/mol. The van der Waals surface area contributed by atoms with Crippen LogP contribution in [-0.2, 0) is 6.42 Å². The molecule has 0 aromatic heterocycles. The lowest BCUT2D eigenvalue weighted by Gasteiger charge is -2.11. The summed E-state index contributed by atoms with van der Waals surface area (Å²) < 4.78 is 5.87. The van der Waals surface area contributed by atoms with E-state index >= 15 is 0 Å². The number of benzene rings is 3. The normalized spacial score (nSPS) is 13.3. The van der Waals surface area contributed by atoms with Gasteiger partial charge in [0, 0.05) is 17.4 Å². The molecule has 3 aromatic carbocycles. The second-order valence-electron chi connectivity index (χ2n) is 4.92. The van der Waals surface area contributed by atoms with Gasteiger partial charge in [-0.2, -0.15) is 0 Å². The van der Waals surface area contributed by atoms with Crippen molar-refractivity contribution in [2.24, 2.45) is 0 Å². The molecule has 1 nitrogen and oxygen atoms in total. The van der Waals surface area contributed by atoms with E-state index in [2.05, 4.69) is 60.7 Å². The molecule has 1 heterocycles. The van der Waals surface area contributed by atoms with Gasteiger partial charge in [-0.05, 0) is 22.6 Å². The van der Waals surface area contributed by atoms with Crippen molar-refractivity contribution in [1.82, 2.24) is 0 Å². The number of hydrogen-bond acceptors (Lipinski definition) is 1. The zero-order chi connectivity index (χ0) is 12.7. The molecule has 0 bridgehead atoms. The van der Waals surface area contributed by atoms with Crippen LogP contribution in [0.15, 0.2) is 60.7 Å². The lowest BCUT2D eigenvalue weighted by Crippen LogP contribution is -1.87. The number of hydrogen-bond donors (Lipinski definition) is 0. The van der Waals surface area contributed by atoms with Gasteiger partial charge >= 0.3 is 0 Å². The zero-order valence-electron chi connectivity index (χ0n) is 10.6. The van der Waals surface area contributed by atoms with Crippen molar-refractivity contribution in [3.63, 3.8) is 0 Å². The van der Waals surface area contributed by atoms with E-state index in [0.29, 0.717) is 0 Å². The molecule has 3 aromatic rings. The molecule has 1 heteroatoms. The lowest BCUT2D eigenvalue weighted by molar-refractivity contribution is 0.360. The minimum atomic E-state index is 0.795. The summed E-state index contributed by atoms with van der Waals surface area (Å²) in [6, 6.07) is 21.3.